The van der Waals surface area contributed by atoms with Gasteiger partial charge in [0.2, 0.25) is 0 Å². The minimum absolute atomic E-state index is 0.171. The Morgan fingerprint density at radius 3 is 1.82 bits per heavy atom. The minimum atomic E-state index is -0.171. The van der Waals surface area contributed by atoms with Gasteiger partial charge >= 0.3 is 0 Å². The first-order chi connectivity index (χ1) is 15.4. The second-order valence-corrected chi connectivity index (χ2v) is 10.4. The van der Waals surface area contributed by atoms with Crippen LogP contribution in [0.4, 0.5) is 4.39 Å². The van der Waals surface area contributed by atoms with E-state index >= 15 is 0 Å². The fraction of sp³-hybridized carbons (Fsp3) is 0.484. The van der Waals surface area contributed by atoms with Crippen molar-refractivity contribution >= 4 is 0 Å². The van der Waals surface area contributed by atoms with Gasteiger partial charge in [0, 0.05) is 11.6 Å². The summed E-state index contributed by atoms with van der Waals surface area (Å²) in [6.45, 7) is 21.0. The smallest absolute Gasteiger partial charge is 0.123 e. The number of benzene rings is 2. The summed E-state index contributed by atoms with van der Waals surface area (Å²) in [5, 5.41) is 3.84. The Morgan fingerprint density at radius 2 is 1.42 bits per heavy atom. The van der Waals surface area contributed by atoms with E-state index in [1.165, 1.54) is 42.5 Å². The third-order valence-corrected chi connectivity index (χ3v) is 5.89. The Labute approximate surface area is 203 Å². The van der Waals surface area contributed by atoms with Gasteiger partial charge in [-0.15, -0.1) is 19.4 Å². The van der Waals surface area contributed by atoms with E-state index in [-0.39, 0.29) is 11.4 Å². The van der Waals surface area contributed by atoms with E-state index in [9.17, 15) is 4.39 Å². The maximum Gasteiger partial charge on any atom is 0.123 e. The number of rotatable bonds is 2. The predicted molar refractivity (Wildman–Crippen MR) is 145 cm³/mol. The molecule has 0 amide bonds. The van der Waals surface area contributed by atoms with E-state index in [0.29, 0.717) is 11.5 Å². The van der Waals surface area contributed by atoms with Crippen molar-refractivity contribution in [2.45, 2.75) is 91.6 Å². The van der Waals surface area contributed by atoms with Crippen LogP contribution in [-0.4, -0.2) is 11.6 Å². The second kappa shape index (κ2) is 14.7. The highest BCUT2D eigenvalue weighted by Crippen LogP contribution is 2.41. The van der Waals surface area contributed by atoms with E-state index < -0.39 is 0 Å². The number of terminal acetylenes is 1. The highest BCUT2D eigenvalue weighted by atomic mass is 19.1. The van der Waals surface area contributed by atoms with Crippen molar-refractivity contribution in [3.63, 3.8) is 0 Å². The SMILES string of the molecule is C#C.C=CC.Cc1ccc(C2(C)CCC(C)C(NC(C)(C)C)C2)cc1.Cc1ccc(F)cc1. The van der Waals surface area contributed by atoms with E-state index in [0.717, 1.165) is 11.5 Å². The fourth-order valence-corrected chi connectivity index (χ4v) is 4.04. The second-order valence-electron chi connectivity index (χ2n) is 10.4. The lowest BCUT2D eigenvalue weighted by Gasteiger charge is -2.45. The average molecular weight is 452 g/mol. The normalized spacial score (nSPS) is 21.7. The van der Waals surface area contributed by atoms with Gasteiger partial charge in [-0.3, -0.25) is 0 Å². The summed E-state index contributed by atoms with van der Waals surface area (Å²) in [5.74, 6) is 0.600. The molecule has 0 heterocycles. The summed E-state index contributed by atoms with van der Waals surface area (Å²) in [6, 6.07) is 16.2. The van der Waals surface area contributed by atoms with Gasteiger partial charge in [0.25, 0.3) is 0 Å². The molecular weight excluding hydrogens is 405 g/mol. The first kappa shape index (κ1) is 30.6. The lowest BCUT2D eigenvalue weighted by atomic mass is 9.66. The fourth-order valence-electron chi connectivity index (χ4n) is 4.04. The van der Waals surface area contributed by atoms with E-state index in [4.69, 9.17) is 0 Å². The average Bonchev–Trinajstić information content (AvgIpc) is 2.75. The molecule has 0 aromatic heterocycles. The highest BCUT2D eigenvalue weighted by molar-refractivity contribution is 5.29. The molecule has 182 valence electrons. The minimum Gasteiger partial charge on any atom is -0.309 e. The largest absolute Gasteiger partial charge is 0.309 e. The number of allylic oxidation sites excluding steroid dienone is 1. The van der Waals surface area contributed by atoms with Crippen molar-refractivity contribution in [2.75, 3.05) is 0 Å². The number of nitrogens with one attached hydrogen (secondary N) is 1. The number of hydrogen-bond donors (Lipinski definition) is 1. The van der Waals surface area contributed by atoms with Crippen LogP contribution in [0.25, 0.3) is 0 Å². The van der Waals surface area contributed by atoms with Crippen LogP contribution < -0.4 is 5.32 Å². The van der Waals surface area contributed by atoms with Crippen LogP contribution in [0, 0.1) is 38.4 Å². The molecule has 3 unspecified atom stereocenters. The zero-order valence-electron chi connectivity index (χ0n) is 22.2. The van der Waals surface area contributed by atoms with Crippen LogP contribution in [0.2, 0.25) is 0 Å². The molecule has 1 N–H and O–H groups in total. The summed E-state index contributed by atoms with van der Waals surface area (Å²) in [4.78, 5) is 0. The summed E-state index contributed by atoms with van der Waals surface area (Å²) in [7, 11) is 0. The summed E-state index contributed by atoms with van der Waals surface area (Å²) < 4.78 is 12.1. The van der Waals surface area contributed by atoms with Gasteiger partial charge in [0.05, 0.1) is 0 Å². The molecular formula is C31H46FN. The van der Waals surface area contributed by atoms with Crippen LogP contribution in [-0.2, 0) is 5.41 Å². The Bertz CT molecular complexity index is 790. The summed E-state index contributed by atoms with van der Waals surface area (Å²) in [6.07, 6.45) is 13.6. The van der Waals surface area contributed by atoms with Gasteiger partial charge in [0.1, 0.15) is 5.82 Å². The molecule has 2 heteroatoms. The summed E-state index contributed by atoms with van der Waals surface area (Å²) in [5.41, 5.74) is 4.47. The lowest BCUT2D eigenvalue weighted by molar-refractivity contribution is 0.169. The Morgan fingerprint density at radius 1 is 1.00 bits per heavy atom. The molecule has 0 spiro atoms. The first-order valence-electron chi connectivity index (χ1n) is 11.9. The van der Waals surface area contributed by atoms with Gasteiger partial charge in [-0.25, -0.2) is 4.39 Å². The number of aryl methyl sites for hydroxylation is 2. The molecule has 3 rings (SSSR count). The molecule has 0 aliphatic heterocycles. The zero-order chi connectivity index (χ0) is 25.7. The Kier molecular flexibility index (Phi) is 13.7. The molecule has 2 aromatic rings. The standard InChI is InChI=1S/C19H31N.C7H7F.C3H6.C2H2/c1-14-7-9-16(10-8-14)19(6)12-11-15(2)17(13-19)20-18(3,4)5;1-6-2-4-7(8)5-3-6;1-3-2;1-2/h7-10,15,17,20H,11-13H2,1-6H3;2-5H,1H3;3H,1H2,2H3;1-2H. The van der Waals surface area contributed by atoms with Gasteiger partial charge in [0.15, 0.2) is 0 Å². The van der Waals surface area contributed by atoms with Gasteiger partial charge in [-0.05, 0) is 89.8 Å². The van der Waals surface area contributed by atoms with E-state index in [1.807, 2.05) is 13.8 Å². The maximum absolute atomic E-state index is 12.1. The van der Waals surface area contributed by atoms with Crippen LogP contribution in [0.15, 0.2) is 61.2 Å². The molecule has 3 atom stereocenters. The molecule has 1 nitrogen and oxygen atoms in total. The van der Waals surface area contributed by atoms with Crippen LogP contribution in [0.1, 0.15) is 77.5 Å². The molecule has 0 radical (unpaired) electrons. The van der Waals surface area contributed by atoms with Gasteiger partial charge < -0.3 is 5.32 Å². The van der Waals surface area contributed by atoms with Crippen molar-refractivity contribution in [1.82, 2.24) is 5.32 Å². The third kappa shape index (κ3) is 11.9. The van der Waals surface area contributed by atoms with Crippen molar-refractivity contribution in [1.29, 1.82) is 0 Å². The molecule has 1 saturated carbocycles. The molecule has 1 fully saturated rings. The topological polar surface area (TPSA) is 12.0 Å². The predicted octanol–water partition coefficient (Wildman–Crippen LogP) is 8.41. The van der Waals surface area contributed by atoms with Gasteiger partial charge in [-0.1, -0.05) is 67.4 Å². The molecule has 1 aliphatic carbocycles. The quantitative estimate of drug-likeness (QED) is 0.357. The zero-order valence-corrected chi connectivity index (χ0v) is 22.2. The Balaban J connectivity index is 0.000000651. The van der Waals surface area contributed by atoms with E-state index in [2.05, 4.69) is 90.6 Å². The van der Waals surface area contributed by atoms with E-state index in [1.54, 1.807) is 18.2 Å². The van der Waals surface area contributed by atoms with Gasteiger partial charge in [-0.2, -0.15) is 0 Å². The lowest BCUT2D eigenvalue weighted by Crippen LogP contribution is -2.51. The van der Waals surface area contributed by atoms with Crippen molar-refractivity contribution < 1.29 is 4.39 Å². The van der Waals surface area contributed by atoms with Crippen LogP contribution >= 0.6 is 0 Å². The third-order valence-electron chi connectivity index (χ3n) is 5.89. The molecule has 0 saturated heterocycles. The van der Waals surface area contributed by atoms with Crippen LogP contribution in [0.5, 0.6) is 0 Å². The molecule has 0 bridgehead atoms. The van der Waals surface area contributed by atoms with Crippen molar-refractivity contribution in [2.24, 2.45) is 5.92 Å². The van der Waals surface area contributed by atoms with Crippen LogP contribution in [0.3, 0.4) is 0 Å². The maximum atomic E-state index is 12.1. The monoisotopic (exact) mass is 451 g/mol. The highest BCUT2D eigenvalue weighted by Gasteiger charge is 2.38. The molecule has 33 heavy (non-hydrogen) atoms. The first-order valence-corrected chi connectivity index (χ1v) is 11.9. The summed E-state index contributed by atoms with van der Waals surface area (Å²) >= 11 is 0. The Hall–Kier alpha value is -2.37. The van der Waals surface area contributed by atoms with Crippen molar-refractivity contribution in [3.8, 4) is 12.8 Å². The van der Waals surface area contributed by atoms with Crippen molar-refractivity contribution in [3.05, 3.63) is 83.7 Å². The molecule has 2 aromatic carbocycles. The molecule has 1 aliphatic rings. The number of halogens is 1. The number of hydrogen-bond acceptors (Lipinski definition) is 1.